The molecule has 1 fully saturated rings. The van der Waals surface area contributed by atoms with Gasteiger partial charge in [-0.25, -0.2) is 9.97 Å². The van der Waals surface area contributed by atoms with Gasteiger partial charge in [0.1, 0.15) is 22.6 Å². The van der Waals surface area contributed by atoms with Crippen LogP contribution in [0.3, 0.4) is 0 Å². The molecular formula is C17H21N5OS. The van der Waals surface area contributed by atoms with Crippen molar-refractivity contribution in [3.63, 3.8) is 0 Å². The minimum absolute atomic E-state index is 0.00304. The zero-order valence-corrected chi connectivity index (χ0v) is 14.9. The number of nitrogens with one attached hydrogen (secondary N) is 1. The van der Waals surface area contributed by atoms with Crippen molar-refractivity contribution >= 4 is 27.4 Å². The molecule has 4 rings (SSSR count). The number of rotatable bonds is 3. The molecule has 0 aromatic carbocycles. The van der Waals surface area contributed by atoms with Crippen molar-refractivity contribution in [1.29, 1.82) is 0 Å². The van der Waals surface area contributed by atoms with E-state index in [0.717, 1.165) is 46.9 Å². The molecule has 0 bridgehead atoms. The van der Waals surface area contributed by atoms with Crippen LogP contribution in [0.1, 0.15) is 35.9 Å². The number of anilines is 1. The second-order valence-corrected chi connectivity index (χ2v) is 7.21. The first-order valence-corrected chi connectivity index (χ1v) is 9.09. The van der Waals surface area contributed by atoms with Gasteiger partial charge < -0.3 is 10.1 Å². The summed E-state index contributed by atoms with van der Waals surface area (Å²) in [7, 11) is 1.93. The smallest absolute Gasteiger partial charge is 0.139 e. The van der Waals surface area contributed by atoms with Crippen LogP contribution < -0.4 is 5.32 Å². The highest BCUT2D eigenvalue weighted by atomic mass is 32.1. The van der Waals surface area contributed by atoms with Crippen molar-refractivity contribution in [3.05, 3.63) is 34.7 Å². The first-order valence-electron chi connectivity index (χ1n) is 8.21. The van der Waals surface area contributed by atoms with Crippen LogP contribution in [0.2, 0.25) is 0 Å². The molecule has 0 radical (unpaired) electrons. The first-order chi connectivity index (χ1) is 11.6. The summed E-state index contributed by atoms with van der Waals surface area (Å²) < 4.78 is 7.88. The van der Waals surface area contributed by atoms with Crippen LogP contribution in [0.5, 0.6) is 0 Å². The van der Waals surface area contributed by atoms with Crippen LogP contribution in [0, 0.1) is 13.8 Å². The molecule has 1 aliphatic heterocycles. The lowest BCUT2D eigenvalue weighted by Gasteiger charge is -2.32. The van der Waals surface area contributed by atoms with E-state index in [9.17, 15) is 0 Å². The molecule has 1 aliphatic rings. The Kier molecular flexibility index (Phi) is 3.97. The summed E-state index contributed by atoms with van der Waals surface area (Å²) in [5.41, 5.74) is 2.32. The fourth-order valence-corrected chi connectivity index (χ4v) is 4.28. The minimum atomic E-state index is -0.00304. The highest BCUT2D eigenvalue weighted by molar-refractivity contribution is 7.17. The van der Waals surface area contributed by atoms with E-state index < -0.39 is 0 Å². The molecule has 7 heteroatoms. The van der Waals surface area contributed by atoms with E-state index in [4.69, 9.17) is 4.74 Å². The standard InChI is InChI=1S/C17H21N5OS/c1-10-9-24-17-14(10)16(19-11(2)20-17)21-13-5-4-6-23-15(13)12-7-18-22(3)8-12/h7-9,13,15H,4-6H2,1-3H3,(H,19,20,21)/t13-,15+/m0/s1. The maximum absolute atomic E-state index is 6.06. The molecule has 3 aromatic rings. The van der Waals surface area contributed by atoms with Gasteiger partial charge in [-0.15, -0.1) is 11.3 Å². The third kappa shape index (κ3) is 2.78. The normalized spacial score (nSPS) is 21.3. The third-order valence-corrected chi connectivity index (χ3v) is 5.42. The summed E-state index contributed by atoms with van der Waals surface area (Å²) in [6.45, 7) is 4.84. The third-order valence-electron chi connectivity index (χ3n) is 4.43. The number of hydrogen-bond donors (Lipinski definition) is 1. The van der Waals surface area contributed by atoms with E-state index >= 15 is 0 Å². The molecule has 3 aromatic heterocycles. The number of nitrogens with zero attached hydrogens (tertiary/aromatic N) is 4. The molecule has 0 amide bonds. The van der Waals surface area contributed by atoms with Gasteiger partial charge in [0.25, 0.3) is 0 Å². The van der Waals surface area contributed by atoms with Crippen LogP contribution in [0.25, 0.3) is 10.2 Å². The predicted molar refractivity (Wildman–Crippen MR) is 95.4 cm³/mol. The van der Waals surface area contributed by atoms with Crippen molar-refractivity contribution in [2.75, 3.05) is 11.9 Å². The average molecular weight is 343 g/mol. The van der Waals surface area contributed by atoms with Crippen LogP contribution in [0.4, 0.5) is 5.82 Å². The molecule has 1 saturated heterocycles. The van der Waals surface area contributed by atoms with Crippen LogP contribution in [-0.2, 0) is 11.8 Å². The van der Waals surface area contributed by atoms with Gasteiger partial charge in [0, 0.05) is 25.4 Å². The molecule has 0 spiro atoms. The predicted octanol–water partition coefficient (Wildman–Crippen LogP) is 3.37. The van der Waals surface area contributed by atoms with E-state index in [0.29, 0.717) is 0 Å². The molecule has 4 heterocycles. The molecule has 0 saturated carbocycles. The van der Waals surface area contributed by atoms with Crippen molar-refractivity contribution in [2.45, 2.75) is 38.8 Å². The number of aryl methyl sites for hydroxylation is 3. The highest BCUT2D eigenvalue weighted by Gasteiger charge is 2.29. The van der Waals surface area contributed by atoms with E-state index in [1.807, 2.05) is 31.0 Å². The Morgan fingerprint density at radius 1 is 1.33 bits per heavy atom. The fraction of sp³-hybridized carbons (Fsp3) is 0.471. The number of ether oxygens (including phenoxy) is 1. The van der Waals surface area contributed by atoms with Gasteiger partial charge in [0.2, 0.25) is 0 Å². The van der Waals surface area contributed by atoms with Crippen molar-refractivity contribution in [1.82, 2.24) is 19.7 Å². The lowest BCUT2D eigenvalue weighted by Crippen LogP contribution is -2.34. The molecule has 2 atom stereocenters. The van der Waals surface area contributed by atoms with Gasteiger partial charge in [0.05, 0.1) is 17.6 Å². The summed E-state index contributed by atoms with van der Waals surface area (Å²) in [5.74, 6) is 1.71. The molecule has 1 N–H and O–H groups in total. The topological polar surface area (TPSA) is 64.9 Å². The molecule has 6 nitrogen and oxygen atoms in total. The van der Waals surface area contributed by atoms with E-state index in [1.165, 1.54) is 5.56 Å². The van der Waals surface area contributed by atoms with E-state index in [1.54, 1.807) is 11.3 Å². The van der Waals surface area contributed by atoms with Gasteiger partial charge in [-0.1, -0.05) is 0 Å². The van der Waals surface area contributed by atoms with Crippen molar-refractivity contribution in [3.8, 4) is 0 Å². The van der Waals surface area contributed by atoms with Gasteiger partial charge in [-0.3, -0.25) is 4.68 Å². The Morgan fingerprint density at radius 3 is 3.00 bits per heavy atom. The molecule has 0 aliphatic carbocycles. The van der Waals surface area contributed by atoms with Crippen molar-refractivity contribution < 1.29 is 4.74 Å². The van der Waals surface area contributed by atoms with Crippen LogP contribution >= 0.6 is 11.3 Å². The first kappa shape index (κ1) is 15.5. The Labute approximate surface area is 144 Å². The number of aromatic nitrogens is 4. The zero-order valence-electron chi connectivity index (χ0n) is 14.1. The largest absolute Gasteiger partial charge is 0.371 e. The molecule has 126 valence electrons. The summed E-state index contributed by atoms with van der Waals surface area (Å²) in [6.07, 6.45) is 6.01. The number of fused-ring (bicyclic) bond motifs is 1. The van der Waals surface area contributed by atoms with E-state index in [2.05, 4.69) is 32.7 Å². The van der Waals surface area contributed by atoms with Gasteiger partial charge in [0.15, 0.2) is 0 Å². The Balaban J connectivity index is 1.69. The van der Waals surface area contributed by atoms with Gasteiger partial charge in [-0.05, 0) is 37.6 Å². The lowest BCUT2D eigenvalue weighted by molar-refractivity contribution is 0.00555. The summed E-state index contributed by atoms with van der Waals surface area (Å²) in [4.78, 5) is 10.3. The molecular weight excluding hydrogens is 322 g/mol. The van der Waals surface area contributed by atoms with Crippen LogP contribution in [0.15, 0.2) is 17.8 Å². The average Bonchev–Trinajstić information content (AvgIpc) is 3.14. The molecule has 24 heavy (non-hydrogen) atoms. The quantitative estimate of drug-likeness (QED) is 0.790. The second kappa shape index (κ2) is 6.14. The Hall–Kier alpha value is -1.99. The summed E-state index contributed by atoms with van der Waals surface area (Å²) in [6, 6.07) is 0.180. The van der Waals surface area contributed by atoms with E-state index in [-0.39, 0.29) is 12.1 Å². The zero-order chi connectivity index (χ0) is 16.7. The van der Waals surface area contributed by atoms with Gasteiger partial charge >= 0.3 is 0 Å². The maximum atomic E-state index is 6.06. The SMILES string of the molecule is Cc1nc(N[C@H]2CCCO[C@@H]2c2cnn(C)c2)c2c(C)csc2n1. The Morgan fingerprint density at radius 2 is 2.21 bits per heavy atom. The minimum Gasteiger partial charge on any atom is -0.371 e. The highest BCUT2D eigenvalue weighted by Crippen LogP contribution is 2.34. The van der Waals surface area contributed by atoms with Gasteiger partial charge in [-0.2, -0.15) is 5.10 Å². The molecule has 0 unspecified atom stereocenters. The summed E-state index contributed by atoms with van der Waals surface area (Å²) >= 11 is 1.67. The second-order valence-electron chi connectivity index (χ2n) is 6.35. The fourth-order valence-electron chi connectivity index (χ4n) is 3.32. The van der Waals surface area contributed by atoms with Crippen LogP contribution in [-0.4, -0.2) is 32.4 Å². The number of hydrogen-bond acceptors (Lipinski definition) is 6. The Bertz CT molecular complexity index is 871. The van der Waals surface area contributed by atoms with Crippen molar-refractivity contribution in [2.24, 2.45) is 7.05 Å². The lowest BCUT2D eigenvalue weighted by atomic mass is 9.98. The summed E-state index contributed by atoms with van der Waals surface area (Å²) in [5, 5.41) is 11.2. The number of thiophene rings is 1. The maximum Gasteiger partial charge on any atom is 0.139 e. The monoisotopic (exact) mass is 343 g/mol.